The number of carbonyl (C=O) groups is 1. The maximum absolute atomic E-state index is 13.2. The van der Waals surface area contributed by atoms with Gasteiger partial charge in [0.2, 0.25) is 5.88 Å². The third-order valence-electron chi connectivity index (χ3n) is 4.21. The van der Waals surface area contributed by atoms with Crippen molar-refractivity contribution >= 4 is 29.0 Å². The number of aromatic nitrogens is 4. The van der Waals surface area contributed by atoms with E-state index < -0.39 is 11.8 Å². The first-order valence-corrected chi connectivity index (χ1v) is 9.51. The van der Waals surface area contributed by atoms with Crippen molar-refractivity contribution in [1.29, 1.82) is 0 Å². The molecular weight excluding hydrogens is 423 g/mol. The van der Waals surface area contributed by atoms with Crippen LogP contribution in [-0.4, -0.2) is 25.8 Å². The van der Waals surface area contributed by atoms with Gasteiger partial charge in [-0.1, -0.05) is 11.6 Å². The summed E-state index contributed by atoms with van der Waals surface area (Å²) in [7, 11) is 0. The lowest BCUT2D eigenvalue weighted by Crippen LogP contribution is -2.19. The van der Waals surface area contributed by atoms with Crippen LogP contribution in [0.15, 0.2) is 67.0 Å². The molecule has 2 amide bonds. The molecule has 2 aromatic carbocycles. The van der Waals surface area contributed by atoms with Crippen LogP contribution >= 0.6 is 11.6 Å². The van der Waals surface area contributed by atoms with Gasteiger partial charge in [-0.3, -0.25) is 4.57 Å². The number of nitrogens with zero attached hydrogens (tertiary/aromatic N) is 4. The minimum absolute atomic E-state index is 0.0735. The van der Waals surface area contributed by atoms with Gasteiger partial charge in [0.15, 0.2) is 5.82 Å². The monoisotopic (exact) mass is 438 g/mol. The van der Waals surface area contributed by atoms with Crippen molar-refractivity contribution in [3.8, 4) is 17.4 Å². The van der Waals surface area contributed by atoms with Gasteiger partial charge in [0.05, 0.1) is 5.02 Å². The number of rotatable bonds is 5. The van der Waals surface area contributed by atoms with Crippen LogP contribution in [0.2, 0.25) is 5.02 Å². The number of carbonyl (C=O) groups excluding carboxylic acids is 1. The second kappa shape index (κ2) is 8.80. The molecule has 0 saturated heterocycles. The van der Waals surface area contributed by atoms with E-state index in [1.165, 1.54) is 18.2 Å². The van der Waals surface area contributed by atoms with Crippen molar-refractivity contribution < 1.29 is 13.9 Å². The molecule has 4 rings (SSSR count). The van der Waals surface area contributed by atoms with Crippen molar-refractivity contribution in [2.75, 3.05) is 10.6 Å². The fourth-order valence-electron chi connectivity index (χ4n) is 2.71. The van der Waals surface area contributed by atoms with Crippen molar-refractivity contribution in [2.24, 2.45) is 0 Å². The third-order valence-corrected chi connectivity index (χ3v) is 4.50. The number of anilines is 2. The Kier molecular flexibility index (Phi) is 5.76. The van der Waals surface area contributed by atoms with E-state index in [0.29, 0.717) is 28.8 Å². The van der Waals surface area contributed by atoms with Crippen LogP contribution < -0.4 is 15.4 Å². The van der Waals surface area contributed by atoms with E-state index >= 15 is 0 Å². The molecule has 0 bridgehead atoms. The van der Waals surface area contributed by atoms with Crippen molar-refractivity contribution in [3.05, 3.63) is 83.7 Å². The quantitative estimate of drug-likeness (QED) is 0.446. The lowest BCUT2D eigenvalue weighted by Gasteiger charge is -2.09. The van der Waals surface area contributed by atoms with E-state index in [-0.39, 0.29) is 5.02 Å². The second-order valence-corrected chi connectivity index (χ2v) is 6.82. The van der Waals surface area contributed by atoms with Crippen molar-refractivity contribution in [1.82, 2.24) is 19.7 Å². The number of halogens is 2. The SMILES string of the molecule is Cc1nccn1-c1ccc(Oc2ccc(NC(=O)Nc3ccc(F)c(Cl)c3)cc2)nn1. The predicted octanol–water partition coefficient (Wildman–Crippen LogP) is 5.20. The van der Waals surface area contributed by atoms with Crippen LogP contribution in [0.5, 0.6) is 11.6 Å². The average Bonchev–Trinajstić information content (AvgIpc) is 3.18. The van der Waals surface area contributed by atoms with Gasteiger partial charge in [0.25, 0.3) is 0 Å². The summed E-state index contributed by atoms with van der Waals surface area (Å²) in [4.78, 5) is 16.2. The molecule has 0 atom stereocenters. The maximum atomic E-state index is 13.2. The molecule has 0 radical (unpaired) electrons. The molecule has 0 fully saturated rings. The van der Waals surface area contributed by atoms with E-state index in [1.807, 2.05) is 11.5 Å². The number of aryl methyl sites for hydroxylation is 1. The normalized spacial score (nSPS) is 10.5. The first-order chi connectivity index (χ1) is 15.0. The molecule has 8 nitrogen and oxygen atoms in total. The summed E-state index contributed by atoms with van der Waals surface area (Å²) in [5, 5.41) is 13.4. The molecule has 0 spiro atoms. The lowest BCUT2D eigenvalue weighted by molar-refractivity contribution is 0.262. The van der Waals surface area contributed by atoms with Crippen molar-refractivity contribution in [2.45, 2.75) is 6.92 Å². The topological polar surface area (TPSA) is 94.0 Å². The molecule has 0 aliphatic rings. The molecule has 2 heterocycles. The summed E-state index contributed by atoms with van der Waals surface area (Å²) >= 11 is 5.71. The Labute approximate surface area is 181 Å². The summed E-state index contributed by atoms with van der Waals surface area (Å²) in [6.45, 7) is 1.87. The highest BCUT2D eigenvalue weighted by atomic mass is 35.5. The van der Waals surface area contributed by atoms with E-state index in [0.717, 1.165) is 5.82 Å². The maximum Gasteiger partial charge on any atom is 0.323 e. The first kappa shape index (κ1) is 20.3. The summed E-state index contributed by atoms with van der Waals surface area (Å²) in [5.74, 6) is 1.73. The number of hydrogen-bond donors (Lipinski definition) is 2. The van der Waals surface area contributed by atoms with Crippen LogP contribution in [-0.2, 0) is 0 Å². The Hall–Kier alpha value is -3.98. The molecule has 0 aliphatic heterocycles. The van der Waals surface area contributed by atoms with E-state index in [2.05, 4.69) is 25.8 Å². The van der Waals surface area contributed by atoms with Crippen LogP contribution in [0.4, 0.5) is 20.6 Å². The van der Waals surface area contributed by atoms with Gasteiger partial charge < -0.3 is 15.4 Å². The summed E-state index contributed by atoms with van der Waals surface area (Å²) in [6.07, 6.45) is 3.48. The summed E-state index contributed by atoms with van der Waals surface area (Å²) in [5.41, 5.74) is 0.909. The fourth-order valence-corrected chi connectivity index (χ4v) is 2.89. The molecule has 156 valence electrons. The molecule has 31 heavy (non-hydrogen) atoms. The van der Waals surface area contributed by atoms with Gasteiger partial charge in [0, 0.05) is 29.8 Å². The number of nitrogens with one attached hydrogen (secondary N) is 2. The number of ether oxygens (including phenoxy) is 1. The molecule has 0 unspecified atom stereocenters. The average molecular weight is 439 g/mol. The van der Waals surface area contributed by atoms with Crippen LogP contribution in [0.25, 0.3) is 5.82 Å². The van der Waals surface area contributed by atoms with Crippen LogP contribution in [0.1, 0.15) is 5.82 Å². The zero-order valence-electron chi connectivity index (χ0n) is 16.2. The minimum Gasteiger partial charge on any atom is -0.438 e. The standard InChI is InChI=1S/C21H16ClFN6O2/c1-13-24-10-11-29(13)19-8-9-20(28-27-19)31-16-5-2-14(3-6-16)25-21(30)26-15-4-7-18(23)17(22)12-15/h2-12H,1H3,(H2,25,26,30). The van der Waals surface area contributed by atoms with Gasteiger partial charge in [0.1, 0.15) is 17.4 Å². The van der Waals surface area contributed by atoms with E-state index in [1.54, 1.807) is 48.8 Å². The number of hydrogen-bond acceptors (Lipinski definition) is 5. The molecule has 2 aromatic heterocycles. The number of benzene rings is 2. The van der Waals surface area contributed by atoms with Crippen LogP contribution in [0.3, 0.4) is 0 Å². The highest BCUT2D eigenvalue weighted by Crippen LogP contribution is 2.23. The van der Waals surface area contributed by atoms with Crippen molar-refractivity contribution in [3.63, 3.8) is 0 Å². The molecule has 4 aromatic rings. The Morgan fingerprint density at radius 3 is 2.42 bits per heavy atom. The second-order valence-electron chi connectivity index (χ2n) is 6.41. The molecule has 10 heteroatoms. The van der Waals surface area contributed by atoms with E-state index in [4.69, 9.17) is 16.3 Å². The Morgan fingerprint density at radius 1 is 1.03 bits per heavy atom. The zero-order valence-corrected chi connectivity index (χ0v) is 17.0. The lowest BCUT2D eigenvalue weighted by atomic mass is 10.3. The van der Waals surface area contributed by atoms with Gasteiger partial charge >= 0.3 is 6.03 Å². The van der Waals surface area contributed by atoms with Gasteiger partial charge in [-0.25, -0.2) is 14.2 Å². The fraction of sp³-hybridized carbons (Fsp3) is 0.0476. The Bertz CT molecular complexity index is 1210. The Morgan fingerprint density at radius 2 is 1.77 bits per heavy atom. The predicted molar refractivity (Wildman–Crippen MR) is 114 cm³/mol. The molecule has 0 aliphatic carbocycles. The van der Waals surface area contributed by atoms with Crippen LogP contribution in [0, 0.1) is 12.7 Å². The first-order valence-electron chi connectivity index (χ1n) is 9.13. The van der Waals surface area contributed by atoms with Gasteiger partial charge in [-0.05, 0) is 55.5 Å². The number of imidazole rings is 1. The summed E-state index contributed by atoms with van der Waals surface area (Å²) < 4.78 is 20.7. The minimum atomic E-state index is -0.556. The highest BCUT2D eigenvalue weighted by molar-refractivity contribution is 6.31. The third kappa shape index (κ3) is 4.96. The number of urea groups is 1. The van der Waals surface area contributed by atoms with Gasteiger partial charge in [-0.2, -0.15) is 0 Å². The Balaban J connectivity index is 1.35. The largest absolute Gasteiger partial charge is 0.438 e. The smallest absolute Gasteiger partial charge is 0.323 e. The zero-order chi connectivity index (χ0) is 21.8. The highest BCUT2D eigenvalue weighted by Gasteiger charge is 2.07. The van der Waals surface area contributed by atoms with Gasteiger partial charge in [-0.15, -0.1) is 10.2 Å². The van der Waals surface area contributed by atoms with E-state index in [9.17, 15) is 9.18 Å². The molecular formula is C21H16ClFN6O2. The molecule has 0 saturated carbocycles. The summed E-state index contributed by atoms with van der Waals surface area (Å²) in [6, 6.07) is 13.6. The molecule has 2 N–H and O–H groups in total. The number of amides is 2.